The summed E-state index contributed by atoms with van der Waals surface area (Å²) in [7, 11) is 1.16. The lowest BCUT2D eigenvalue weighted by Crippen LogP contribution is -2.17. The first-order valence-corrected chi connectivity index (χ1v) is 5.01. The molecule has 1 N–H and O–H groups in total. The van der Waals surface area contributed by atoms with Gasteiger partial charge in [0.2, 0.25) is 5.43 Å². The summed E-state index contributed by atoms with van der Waals surface area (Å²) in [5.74, 6) is -1.34. The molecule has 6 heteroatoms. The number of carbonyl (C=O) groups is 1. The van der Waals surface area contributed by atoms with Gasteiger partial charge in [0.15, 0.2) is 0 Å². The van der Waals surface area contributed by atoms with Crippen LogP contribution in [0, 0.1) is 5.82 Å². The van der Waals surface area contributed by atoms with Crippen LogP contribution < -0.4 is 5.43 Å². The molecular weight excluding hydrogens is 249 g/mol. The van der Waals surface area contributed by atoms with E-state index in [1.165, 1.54) is 6.20 Å². The van der Waals surface area contributed by atoms with E-state index in [0.29, 0.717) is 0 Å². The standard InChI is InChI=1S/C11H7ClFNO3/c1-17-11(16)6-4-14-8-3-5(13)2-7(12)9(8)10(6)15/h2-4H,1H3,(H,14,15). The van der Waals surface area contributed by atoms with E-state index in [2.05, 4.69) is 9.72 Å². The van der Waals surface area contributed by atoms with Crippen LogP contribution in [0.1, 0.15) is 10.4 Å². The molecule has 1 heterocycles. The molecule has 2 rings (SSSR count). The molecule has 4 nitrogen and oxygen atoms in total. The maximum atomic E-state index is 13.1. The van der Waals surface area contributed by atoms with Crippen molar-refractivity contribution in [2.75, 3.05) is 7.11 Å². The Morgan fingerprint density at radius 3 is 2.82 bits per heavy atom. The van der Waals surface area contributed by atoms with Gasteiger partial charge in [0.25, 0.3) is 0 Å². The lowest BCUT2D eigenvalue weighted by atomic mass is 10.1. The normalized spacial score (nSPS) is 10.5. The fourth-order valence-corrected chi connectivity index (χ4v) is 1.82. The predicted molar refractivity (Wildman–Crippen MR) is 60.9 cm³/mol. The van der Waals surface area contributed by atoms with Gasteiger partial charge in [-0.15, -0.1) is 0 Å². The highest BCUT2D eigenvalue weighted by Gasteiger charge is 2.15. The molecule has 0 spiro atoms. The lowest BCUT2D eigenvalue weighted by Gasteiger charge is -2.03. The number of aromatic nitrogens is 1. The molecule has 0 radical (unpaired) electrons. The van der Waals surface area contributed by atoms with Gasteiger partial charge < -0.3 is 9.72 Å². The van der Waals surface area contributed by atoms with Gasteiger partial charge in [0.1, 0.15) is 11.4 Å². The van der Waals surface area contributed by atoms with Gasteiger partial charge in [-0.1, -0.05) is 11.6 Å². The maximum absolute atomic E-state index is 13.1. The average Bonchev–Trinajstić information content (AvgIpc) is 2.27. The topological polar surface area (TPSA) is 59.2 Å². The zero-order chi connectivity index (χ0) is 12.6. The van der Waals surface area contributed by atoms with Crippen LogP contribution in [0.15, 0.2) is 23.1 Å². The van der Waals surface area contributed by atoms with Crippen LogP contribution in [-0.2, 0) is 4.74 Å². The summed E-state index contributed by atoms with van der Waals surface area (Å²) in [4.78, 5) is 25.9. The summed E-state index contributed by atoms with van der Waals surface area (Å²) in [6.07, 6.45) is 1.17. The van der Waals surface area contributed by atoms with Crippen molar-refractivity contribution in [2.24, 2.45) is 0 Å². The highest BCUT2D eigenvalue weighted by molar-refractivity contribution is 6.35. The maximum Gasteiger partial charge on any atom is 0.343 e. The highest BCUT2D eigenvalue weighted by Crippen LogP contribution is 2.21. The fourth-order valence-electron chi connectivity index (χ4n) is 1.53. The summed E-state index contributed by atoms with van der Waals surface area (Å²) in [5, 5.41) is 0.0166. The molecule has 0 saturated heterocycles. The van der Waals surface area contributed by atoms with Crippen molar-refractivity contribution in [2.45, 2.75) is 0 Å². The third-order valence-electron chi connectivity index (χ3n) is 2.30. The van der Waals surface area contributed by atoms with Crippen LogP contribution in [-0.4, -0.2) is 18.1 Å². The van der Waals surface area contributed by atoms with Crippen LogP contribution in [0.5, 0.6) is 0 Å². The zero-order valence-corrected chi connectivity index (χ0v) is 9.47. The van der Waals surface area contributed by atoms with Crippen LogP contribution in [0.4, 0.5) is 4.39 Å². The second kappa shape index (κ2) is 4.18. The molecule has 0 saturated carbocycles. The molecule has 0 unspecified atom stereocenters. The van der Waals surface area contributed by atoms with Crippen molar-refractivity contribution in [3.05, 3.63) is 45.0 Å². The van der Waals surface area contributed by atoms with E-state index >= 15 is 0 Å². The number of aromatic amines is 1. The van der Waals surface area contributed by atoms with Gasteiger partial charge in [0, 0.05) is 6.20 Å². The molecule has 88 valence electrons. The SMILES string of the molecule is COC(=O)c1c[nH]c2cc(F)cc(Cl)c2c1=O. The Morgan fingerprint density at radius 1 is 1.47 bits per heavy atom. The first-order chi connectivity index (χ1) is 8.04. The van der Waals surface area contributed by atoms with Gasteiger partial charge in [-0.25, -0.2) is 9.18 Å². The van der Waals surface area contributed by atoms with Crippen LogP contribution in [0.2, 0.25) is 5.02 Å². The zero-order valence-electron chi connectivity index (χ0n) is 8.71. The Hall–Kier alpha value is -1.88. The van der Waals surface area contributed by atoms with Crippen molar-refractivity contribution in [3.8, 4) is 0 Å². The third-order valence-corrected chi connectivity index (χ3v) is 2.60. The second-order valence-electron chi connectivity index (χ2n) is 3.33. The molecule has 2 aromatic rings. The number of nitrogens with one attached hydrogen (secondary N) is 1. The number of benzene rings is 1. The molecule has 0 aliphatic carbocycles. The van der Waals surface area contributed by atoms with Crippen LogP contribution in [0.3, 0.4) is 0 Å². The number of fused-ring (bicyclic) bond motifs is 1. The predicted octanol–water partition coefficient (Wildman–Crippen LogP) is 2.11. The number of ether oxygens (including phenoxy) is 1. The van der Waals surface area contributed by atoms with Gasteiger partial charge in [-0.2, -0.15) is 0 Å². The van der Waals surface area contributed by atoms with Crippen molar-refractivity contribution in [1.29, 1.82) is 0 Å². The molecule has 0 bridgehead atoms. The number of halogens is 2. The Kier molecular flexibility index (Phi) is 2.85. The Labute approximate surface area is 100.0 Å². The molecule has 1 aromatic carbocycles. The van der Waals surface area contributed by atoms with E-state index in [1.54, 1.807) is 0 Å². The van der Waals surface area contributed by atoms with Crippen molar-refractivity contribution < 1.29 is 13.9 Å². The number of methoxy groups -OCH3 is 1. The monoisotopic (exact) mass is 255 g/mol. The van der Waals surface area contributed by atoms with E-state index in [1.807, 2.05) is 0 Å². The minimum Gasteiger partial charge on any atom is -0.465 e. The lowest BCUT2D eigenvalue weighted by molar-refractivity contribution is 0.0599. The van der Waals surface area contributed by atoms with Crippen molar-refractivity contribution >= 4 is 28.5 Å². The van der Waals surface area contributed by atoms with E-state index in [0.717, 1.165) is 19.2 Å². The third kappa shape index (κ3) is 1.89. The molecule has 0 aliphatic heterocycles. The summed E-state index contributed by atoms with van der Waals surface area (Å²) in [5.41, 5.74) is -0.531. The number of hydrogen-bond acceptors (Lipinski definition) is 3. The number of rotatable bonds is 1. The van der Waals surface area contributed by atoms with Gasteiger partial charge in [-0.05, 0) is 12.1 Å². The van der Waals surface area contributed by atoms with E-state index in [9.17, 15) is 14.0 Å². The number of pyridine rings is 1. The number of esters is 1. The Balaban J connectivity index is 2.85. The molecule has 17 heavy (non-hydrogen) atoms. The number of H-pyrrole nitrogens is 1. The fraction of sp³-hybridized carbons (Fsp3) is 0.0909. The molecule has 0 atom stereocenters. The molecule has 0 aliphatic rings. The highest BCUT2D eigenvalue weighted by atomic mass is 35.5. The summed E-state index contributed by atoms with van der Waals surface area (Å²) < 4.78 is 17.5. The minimum atomic E-state index is -0.770. The summed E-state index contributed by atoms with van der Waals surface area (Å²) in [6, 6.07) is 2.14. The average molecular weight is 256 g/mol. The molecule has 0 amide bonds. The minimum absolute atomic E-state index is 0.0491. The van der Waals surface area contributed by atoms with Gasteiger partial charge >= 0.3 is 5.97 Å². The quantitative estimate of drug-likeness (QED) is 0.794. The Morgan fingerprint density at radius 2 is 2.18 bits per heavy atom. The van der Waals surface area contributed by atoms with Crippen molar-refractivity contribution in [3.63, 3.8) is 0 Å². The first-order valence-electron chi connectivity index (χ1n) is 4.63. The summed E-state index contributed by atoms with van der Waals surface area (Å²) >= 11 is 5.78. The smallest absolute Gasteiger partial charge is 0.343 e. The first kappa shape index (κ1) is 11.6. The van der Waals surface area contributed by atoms with E-state index in [-0.39, 0.29) is 21.5 Å². The molecule has 1 aromatic heterocycles. The van der Waals surface area contributed by atoms with Gasteiger partial charge in [0.05, 0.1) is 23.0 Å². The largest absolute Gasteiger partial charge is 0.465 e. The number of hydrogen-bond donors (Lipinski definition) is 1. The molecule has 0 fully saturated rings. The second-order valence-corrected chi connectivity index (χ2v) is 3.74. The van der Waals surface area contributed by atoms with E-state index < -0.39 is 17.2 Å². The van der Waals surface area contributed by atoms with Gasteiger partial charge in [-0.3, -0.25) is 4.79 Å². The number of carbonyl (C=O) groups excluding carboxylic acids is 1. The van der Waals surface area contributed by atoms with E-state index in [4.69, 9.17) is 11.6 Å². The van der Waals surface area contributed by atoms with Crippen molar-refractivity contribution in [1.82, 2.24) is 4.98 Å². The van der Waals surface area contributed by atoms with Crippen LogP contribution in [0.25, 0.3) is 10.9 Å². The van der Waals surface area contributed by atoms with Crippen LogP contribution >= 0.6 is 11.6 Å². The Bertz CT molecular complexity index is 666. The molecular formula is C11H7ClFNO3. The summed E-state index contributed by atoms with van der Waals surface area (Å²) in [6.45, 7) is 0.